The largest absolute Gasteiger partial charge is 0.353 e. The van der Waals surface area contributed by atoms with E-state index in [9.17, 15) is 4.79 Å². The summed E-state index contributed by atoms with van der Waals surface area (Å²) in [5.74, 6) is 0.123. The molecule has 4 heteroatoms. The van der Waals surface area contributed by atoms with Crippen LogP contribution in [0.1, 0.15) is 20.3 Å². The van der Waals surface area contributed by atoms with Crippen LogP contribution < -0.4 is 16.8 Å². The quantitative estimate of drug-likeness (QED) is 0.521. The number of hydrogen-bond donors (Lipinski definition) is 3. The van der Waals surface area contributed by atoms with E-state index in [1.165, 1.54) is 0 Å². The average molecular weight is 173 g/mol. The second-order valence-corrected chi connectivity index (χ2v) is 2.99. The van der Waals surface area contributed by atoms with Gasteiger partial charge >= 0.3 is 0 Å². The number of nitrogens with two attached hydrogens (primary N) is 2. The second-order valence-electron chi connectivity index (χ2n) is 2.99. The molecule has 12 heavy (non-hydrogen) atoms. The fourth-order valence-corrected chi connectivity index (χ4v) is 0.826. The highest BCUT2D eigenvalue weighted by Gasteiger charge is 2.18. The van der Waals surface area contributed by atoms with Gasteiger partial charge in [0.2, 0.25) is 5.91 Å². The topological polar surface area (TPSA) is 81.1 Å². The zero-order valence-corrected chi connectivity index (χ0v) is 7.84. The molecule has 0 aromatic heterocycles. The van der Waals surface area contributed by atoms with Crippen LogP contribution in [0.2, 0.25) is 0 Å². The van der Waals surface area contributed by atoms with E-state index in [0.717, 1.165) is 6.42 Å². The minimum Gasteiger partial charge on any atom is -0.353 e. The smallest absolute Gasteiger partial charge is 0.237 e. The van der Waals surface area contributed by atoms with E-state index >= 15 is 0 Å². The molecule has 0 aromatic rings. The van der Waals surface area contributed by atoms with Crippen molar-refractivity contribution in [3.8, 4) is 0 Å². The lowest BCUT2D eigenvalue weighted by molar-refractivity contribution is -0.123. The number of carbonyl (C=O) groups is 1. The number of carbonyl (C=O) groups excluding carboxylic acids is 1. The van der Waals surface area contributed by atoms with Gasteiger partial charge < -0.3 is 16.8 Å². The fraction of sp³-hybridized carbons (Fsp3) is 0.875. The van der Waals surface area contributed by atoms with Crippen LogP contribution in [0, 0.1) is 5.92 Å². The third-order valence-corrected chi connectivity index (χ3v) is 2.00. The SMILES string of the molecule is CCC(C)C(N)C(=O)NCCN. The van der Waals surface area contributed by atoms with Crippen molar-refractivity contribution in [3.05, 3.63) is 0 Å². The first-order valence-electron chi connectivity index (χ1n) is 4.36. The van der Waals surface area contributed by atoms with Crippen LogP contribution in [0.4, 0.5) is 0 Å². The Morgan fingerprint density at radius 1 is 1.58 bits per heavy atom. The predicted molar refractivity (Wildman–Crippen MR) is 49.5 cm³/mol. The highest BCUT2D eigenvalue weighted by atomic mass is 16.2. The number of amides is 1. The fourth-order valence-electron chi connectivity index (χ4n) is 0.826. The van der Waals surface area contributed by atoms with E-state index in [1.807, 2.05) is 13.8 Å². The summed E-state index contributed by atoms with van der Waals surface area (Å²) < 4.78 is 0. The summed E-state index contributed by atoms with van der Waals surface area (Å²) in [5, 5.41) is 2.66. The van der Waals surface area contributed by atoms with Crippen molar-refractivity contribution >= 4 is 5.91 Å². The average Bonchev–Trinajstić information content (AvgIpc) is 2.11. The van der Waals surface area contributed by atoms with Crippen LogP contribution in [0.25, 0.3) is 0 Å². The Bertz CT molecular complexity index is 138. The maximum atomic E-state index is 11.2. The Hall–Kier alpha value is -0.610. The first kappa shape index (κ1) is 11.4. The maximum Gasteiger partial charge on any atom is 0.237 e. The molecule has 0 aromatic carbocycles. The van der Waals surface area contributed by atoms with Crippen molar-refractivity contribution in [1.82, 2.24) is 5.32 Å². The van der Waals surface area contributed by atoms with Gasteiger partial charge in [-0.15, -0.1) is 0 Å². The highest BCUT2D eigenvalue weighted by molar-refractivity contribution is 5.81. The van der Waals surface area contributed by atoms with Gasteiger partial charge in [0.25, 0.3) is 0 Å². The molecule has 0 rings (SSSR count). The lowest BCUT2D eigenvalue weighted by atomic mass is 9.99. The summed E-state index contributed by atoms with van der Waals surface area (Å²) in [7, 11) is 0. The van der Waals surface area contributed by atoms with Gasteiger partial charge in [0, 0.05) is 13.1 Å². The molecular formula is C8H19N3O. The Balaban J connectivity index is 3.75. The minimum atomic E-state index is -0.401. The zero-order chi connectivity index (χ0) is 9.56. The molecule has 5 N–H and O–H groups in total. The van der Waals surface area contributed by atoms with Crippen molar-refractivity contribution in [2.75, 3.05) is 13.1 Å². The van der Waals surface area contributed by atoms with Gasteiger partial charge in [-0.25, -0.2) is 0 Å². The van der Waals surface area contributed by atoms with Gasteiger partial charge in [0.05, 0.1) is 6.04 Å². The van der Waals surface area contributed by atoms with E-state index in [0.29, 0.717) is 13.1 Å². The van der Waals surface area contributed by atoms with E-state index in [2.05, 4.69) is 5.32 Å². The van der Waals surface area contributed by atoms with Gasteiger partial charge in [-0.1, -0.05) is 20.3 Å². The molecule has 4 nitrogen and oxygen atoms in total. The van der Waals surface area contributed by atoms with Crippen molar-refractivity contribution < 1.29 is 4.79 Å². The first-order valence-corrected chi connectivity index (χ1v) is 4.36. The Kier molecular flexibility index (Phi) is 5.66. The molecule has 0 radical (unpaired) electrons. The number of rotatable bonds is 5. The lowest BCUT2D eigenvalue weighted by Gasteiger charge is -2.17. The molecular weight excluding hydrogens is 154 g/mol. The maximum absolute atomic E-state index is 11.2. The molecule has 2 atom stereocenters. The molecule has 0 aliphatic heterocycles. The van der Waals surface area contributed by atoms with Crippen LogP contribution in [0.5, 0.6) is 0 Å². The van der Waals surface area contributed by atoms with Crippen LogP contribution in [-0.2, 0) is 4.79 Å². The lowest BCUT2D eigenvalue weighted by Crippen LogP contribution is -2.45. The van der Waals surface area contributed by atoms with Gasteiger partial charge in [-0.05, 0) is 5.92 Å². The summed E-state index contributed by atoms with van der Waals surface area (Å²) in [6, 6.07) is -0.401. The summed E-state index contributed by atoms with van der Waals surface area (Å²) in [6.45, 7) is 4.94. The standard InChI is InChI=1S/C8H19N3O/c1-3-6(2)7(10)8(12)11-5-4-9/h6-7H,3-5,9-10H2,1-2H3,(H,11,12). The molecule has 0 saturated carbocycles. The molecule has 0 spiro atoms. The van der Waals surface area contributed by atoms with Gasteiger partial charge in [0.15, 0.2) is 0 Å². The van der Waals surface area contributed by atoms with Crippen molar-refractivity contribution in [1.29, 1.82) is 0 Å². The molecule has 0 saturated heterocycles. The number of hydrogen-bond acceptors (Lipinski definition) is 3. The van der Waals surface area contributed by atoms with Crippen LogP contribution in [-0.4, -0.2) is 25.0 Å². The normalized spacial score (nSPS) is 15.3. The summed E-state index contributed by atoms with van der Waals surface area (Å²) in [6.07, 6.45) is 0.914. The van der Waals surface area contributed by atoms with Crippen molar-refractivity contribution in [2.24, 2.45) is 17.4 Å². The second kappa shape index (κ2) is 5.97. The Morgan fingerprint density at radius 3 is 2.58 bits per heavy atom. The van der Waals surface area contributed by atoms with Gasteiger partial charge in [-0.3, -0.25) is 4.79 Å². The van der Waals surface area contributed by atoms with Crippen molar-refractivity contribution in [3.63, 3.8) is 0 Å². The monoisotopic (exact) mass is 173 g/mol. The summed E-state index contributed by atoms with van der Waals surface area (Å²) >= 11 is 0. The predicted octanol–water partition coefficient (Wildman–Crippen LogP) is -0.565. The highest BCUT2D eigenvalue weighted by Crippen LogP contribution is 2.04. The van der Waals surface area contributed by atoms with Gasteiger partial charge in [-0.2, -0.15) is 0 Å². The van der Waals surface area contributed by atoms with Crippen LogP contribution >= 0.6 is 0 Å². The van der Waals surface area contributed by atoms with E-state index < -0.39 is 6.04 Å². The minimum absolute atomic E-state index is 0.102. The Morgan fingerprint density at radius 2 is 2.17 bits per heavy atom. The Labute approximate surface area is 73.7 Å². The third-order valence-electron chi connectivity index (χ3n) is 2.00. The molecule has 2 unspecified atom stereocenters. The van der Waals surface area contributed by atoms with Crippen molar-refractivity contribution in [2.45, 2.75) is 26.3 Å². The number of nitrogens with one attached hydrogen (secondary N) is 1. The molecule has 0 aliphatic rings. The first-order chi connectivity index (χ1) is 5.63. The van der Waals surface area contributed by atoms with Gasteiger partial charge in [0.1, 0.15) is 0 Å². The molecule has 0 bridgehead atoms. The van der Waals surface area contributed by atoms with Crippen LogP contribution in [0.15, 0.2) is 0 Å². The zero-order valence-electron chi connectivity index (χ0n) is 7.84. The molecule has 72 valence electrons. The van der Waals surface area contributed by atoms with E-state index in [1.54, 1.807) is 0 Å². The summed E-state index contributed by atoms with van der Waals surface area (Å²) in [5.41, 5.74) is 10.9. The molecule has 0 aliphatic carbocycles. The van der Waals surface area contributed by atoms with E-state index in [-0.39, 0.29) is 11.8 Å². The molecule has 0 fully saturated rings. The summed E-state index contributed by atoms with van der Waals surface area (Å²) in [4.78, 5) is 11.2. The molecule has 0 heterocycles. The molecule has 1 amide bonds. The van der Waals surface area contributed by atoms with E-state index in [4.69, 9.17) is 11.5 Å². The van der Waals surface area contributed by atoms with Crippen LogP contribution in [0.3, 0.4) is 0 Å². The third kappa shape index (κ3) is 3.69.